The number of aryl methyl sites for hydroxylation is 1. The van der Waals surface area contributed by atoms with Crippen LogP contribution in [0.3, 0.4) is 0 Å². The second kappa shape index (κ2) is 6.29. The highest BCUT2D eigenvalue weighted by Crippen LogP contribution is 2.40. The van der Waals surface area contributed by atoms with Gasteiger partial charge in [-0.2, -0.15) is 0 Å². The molecule has 2 aromatic rings. The molecule has 1 heterocycles. The van der Waals surface area contributed by atoms with Gasteiger partial charge in [-0.05, 0) is 52.2 Å². The molecule has 0 saturated carbocycles. The van der Waals surface area contributed by atoms with Gasteiger partial charge in [-0.15, -0.1) is 11.3 Å². The Kier molecular flexibility index (Phi) is 4.92. The molecule has 1 aromatic heterocycles. The van der Waals surface area contributed by atoms with E-state index in [0.717, 1.165) is 20.8 Å². The fourth-order valence-corrected chi connectivity index (χ4v) is 4.56. The number of benzene rings is 1. The van der Waals surface area contributed by atoms with Gasteiger partial charge in [0.2, 0.25) is 0 Å². The van der Waals surface area contributed by atoms with Gasteiger partial charge in [-0.1, -0.05) is 22.0 Å². The quantitative estimate of drug-likeness (QED) is 0.640. The van der Waals surface area contributed by atoms with Crippen LogP contribution in [-0.2, 0) is 0 Å². The van der Waals surface area contributed by atoms with Crippen LogP contribution in [0, 0.1) is 6.92 Å². The molecular weight excluding hydrogens is 392 g/mol. The smallest absolute Gasteiger partial charge is 0.161 e. The summed E-state index contributed by atoms with van der Waals surface area (Å²) in [5.41, 5.74) is 2.41. The minimum absolute atomic E-state index is 0.148. The van der Waals surface area contributed by atoms with Crippen molar-refractivity contribution >= 4 is 43.2 Å². The maximum Gasteiger partial charge on any atom is 0.161 e. The molecule has 0 aliphatic heterocycles. The summed E-state index contributed by atoms with van der Waals surface area (Å²) < 4.78 is 11.7. The predicted molar refractivity (Wildman–Crippen MR) is 87.1 cm³/mol. The van der Waals surface area contributed by atoms with Crippen LogP contribution in [-0.4, -0.2) is 14.2 Å². The van der Waals surface area contributed by atoms with Crippen molar-refractivity contribution in [2.24, 2.45) is 0 Å². The second-order valence-electron chi connectivity index (χ2n) is 4.04. The lowest BCUT2D eigenvalue weighted by atomic mass is 10.1. The summed E-state index contributed by atoms with van der Waals surface area (Å²) in [5.74, 6) is 1.49. The van der Waals surface area contributed by atoms with E-state index in [0.29, 0.717) is 0 Å². The summed E-state index contributed by atoms with van der Waals surface area (Å²) >= 11 is 9.03. The van der Waals surface area contributed by atoms with Gasteiger partial charge >= 0.3 is 0 Å². The van der Waals surface area contributed by atoms with Crippen molar-refractivity contribution in [2.45, 2.75) is 11.8 Å². The van der Waals surface area contributed by atoms with E-state index in [2.05, 4.69) is 44.8 Å². The fraction of sp³-hybridized carbons (Fsp3) is 0.286. The van der Waals surface area contributed by atoms with Crippen LogP contribution in [0.2, 0.25) is 0 Å². The maximum atomic E-state index is 5.35. The highest BCUT2D eigenvalue weighted by molar-refractivity contribution is 9.11. The minimum atomic E-state index is 0.148. The van der Waals surface area contributed by atoms with E-state index in [1.54, 1.807) is 25.6 Å². The maximum absolute atomic E-state index is 5.35. The van der Waals surface area contributed by atoms with Gasteiger partial charge in [-0.3, -0.25) is 0 Å². The Labute approximate surface area is 134 Å². The van der Waals surface area contributed by atoms with Gasteiger partial charge in [0, 0.05) is 4.88 Å². The lowest BCUT2D eigenvalue weighted by Gasteiger charge is -2.13. The van der Waals surface area contributed by atoms with Crippen molar-refractivity contribution in [3.63, 3.8) is 0 Å². The third kappa shape index (κ3) is 3.15. The average Bonchev–Trinajstić information content (AvgIpc) is 2.76. The van der Waals surface area contributed by atoms with Crippen molar-refractivity contribution in [3.8, 4) is 11.5 Å². The highest BCUT2D eigenvalue weighted by atomic mass is 79.9. The Bertz CT molecular complexity index is 581. The predicted octanol–water partition coefficient (Wildman–Crippen LogP) is 5.32. The molecule has 1 unspecified atom stereocenters. The van der Waals surface area contributed by atoms with Crippen molar-refractivity contribution in [1.82, 2.24) is 0 Å². The normalized spacial score (nSPS) is 12.3. The number of halogens is 2. The third-order valence-electron chi connectivity index (χ3n) is 2.90. The van der Waals surface area contributed by atoms with Gasteiger partial charge < -0.3 is 9.47 Å². The van der Waals surface area contributed by atoms with Crippen LogP contribution in [0.15, 0.2) is 28.1 Å². The first-order valence-electron chi connectivity index (χ1n) is 5.68. The zero-order valence-corrected chi connectivity index (χ0v) is 14.9. The van der Waals surface area contributed by atoms with E-state index in [-0.39, 0.29) is 4.83 Å². The second-order valence-corrected chi connectivity index (χ2v) is 7.59. The van der Waals surface area contributed by atoms with E-state index in [1.165, 1.54) is 10.4 Å². The summed E-state index contributed by atoms with van der Waals surface area (Å²) in [6.07, 6.45) is 0. The largest absolute Gasteiger partial charge is 0.493 e. The molecule has 0 aliphatic rings. The zero-order valence-electron chi connectivity index (χ0n) is 10.9. The topological polar surface area (TPSA) is 18.5 Å². The highest BCUT2D eigenvalue weighted by Gasteiger charge is 2.17. The molecule has 0 aliphatic carbocycles. The first-order chi connectivity index (χ1) is 9.06. The van der Waals surface area contributed by atoms with Gasteiger partial charge in [-0.25, -0.2) is 0 Å². The van der Waals surface area contributed by atoms with Crippen LogP contribution in [0.25, 0.3) is 0 Å². The monoisotopic (exact) mass is 404 g/mol. The number of rotatable bonds is 4. The Morgan fingerprint density at radius 1 is 1.11 bits per heavy atom. The first-order valence-corrected chi connectivity index (χ1v) is 8.21. The number of methoxy groups -OCH3 is 2. The van der Waals surface area contributed by atoms with Gasteiger partial charge in [0.1, 0.15) is 0 Å². The van der Waals surface area contributed by atoms with Crippen LogP contribution in [0.5, 0.6) is 11.5 Å². The molecule has 0 N–H and O–H groups in total. The third-order valence-corrected chi connectivity index (χ3v) is 5.49. The van der Waals surface area contributed by atoms with E-state index in [4.69, 9.17) is 9.47 Å². The van der Waals surface area contributed by atoms with Gasteiger partial charge in [0.25, 0.3) is 0 Å². The SMILES string of the molecule is COc1ccc(C(Br)c2cc(Br)sc2C)cc1OC. The summed E-state index contributed by atoms with van der Waals surface area (Å²) in [4.78, 5) is 1.44. The molecule has 2 nitrogen and oxygen atoms in total. The molecule has 0 saturated heterocycles. The van der Waals surface area contributed by atoms with Gasteiger partial charge in [0.05, 0.1) is 22.8 Å². The Morgan fingerprint density at radius 3 is 2.32 bits per heavy atom. The van der Waals surface area contributed by atoms with Crippen molar-refractivity contribution in [1.29, 1.82) is 0 Å². The molecule has 0 bridgehead atoms. The minimum Gasteiger partial charge on any atom is -0.493 e. The first kappa shape index (κ1) is 14.9. The van der Waals surface area contributed by atoms with Crippen LogP contribution < -0.4 is 9.47 Å². The molecule has 0 radical (unpaired) electrons. The number of ether oxygens (including phenoxy) is 2. The number of hydrogen-bond acceptors (Lipinski definition) is 3. The molecule has 5 heteroatoms. The summed E-state index contributed by atoms with van der Waals surface area (Å²) in [5, 5.41) is 0. The lowest BCUT2D eigenvalue weighted by molar-refractivity contribution is 0.354. The van der Waals surface area contributed by atoms with Crippen LogP contribution in [0.4, 0.5) is 0 Å². The molecule has 0 amide bonds. The zero-order chi connectivity index (χ0) is 14.0. The summed E-state index contributed by atoms with van der Waals surface area (Å²) in [6, 6.07) is 8.13. The number of hydrogen-bond donors (Lipinski definition) is 0. The molecular formula is C14H14Br2O2S. The van der Waals surface area contributed by atoms with E-state index in [1.807, 2.05) is 18.2 Å². The Morgan fingerprint density at radius 2 is 1.79 bits per heavy atom. The number of alkyl halides is 1. The van der Waals surface area contributed by atoms with Crippen LogP contribution >= 0.6 is 43.2 Å². The van der Waals surface area contributed by atoms with Crippen LogP contribution in [0.1, 0.15) is 20.8 Å². The molecule has 0 fully saturated rings. The summed E-state index contributed by atoms with van der Waals surface area (Å²) in [6.45, 7) is 2.12. The molecule has 0 spiro atoms. The van der Waals surface area contributed by atoms with Gasteiger partial charge in [0.15, 0.2) is 11.5 Å². The van der Waals surface area contributed by atoms with Crippen molar-refractivity contribution in [2.75, 3.05) is 14.2 Å². The summed E-state index contributed by atoms with van der Waals surface area (Å²) in [7, 11) is 3.29. The standard InChI is InChI=1S/C14H14Br2O2S/c1-8-10(7-13(15)19-8)14(16)9-4-5-11(17-2)12(6-9)18-3/h4-7,14H,1-3H3. The van der Waals surface area contributed by atoms with E-state index >= 15 is 0 Å². The molecule has 2 rings (SSSR count). The Hall–Kier alpha value is -0.520. The average molecular weight is 406 g/mol. The van der Waals surface area contributed by atoms with Crippen molar-refractivity contribution < 1.29 is 9.47 Å². The molecule has 1 atom stereocenters. The molecule has 19 heavy (non-hydrogen) atoms. The van der Waals surface area contributed by atoms with Crippen molar-refractivity contribution in [3.05, 3.63) is 44.1 Å². The lowest BCUT2D eigenvalue weighted by Crippen LogP contribution is -1.96. The fourth-order valence-electron chi connectivity index (χ4n) is 1.90. The van der Waals surface area contributed by atoms with E-state index in [9.17, 15) is 0 Å². The Balaban J connectivity index is 2.39. The van der Waals surface area contributed by atoms with E-state index < -0.39 is 0 Å². The number of thiophene rings is 1. The molecule has 1 aromatic carbocycles. The molecule has 102 valence electrons.